The van der Waals surface area contributed by atoms with Gasteiger partial charge in [0.2, 0.25) is 5.91 Å². The van der Waals surface area contributed by atoms with Crippen LogP contribution in [0.4, 0.5) is 5.13 Å². The Labute approximate surface area is 207 Å². The van der Waals surface area contributed by atoms with Gasteiger partial charge in [-0.15, -0.1) is 11.8 Å². The van der Waals surface area contributed by atoms with Gasteiger partial charge in [-0.05, 0) is 42.0 Å². The molecule has 4 rings (SSSR count). The number of carbonyl (C=O) groups is 1. The Hall–Kier alpha value is -3.10. The zero-order valence-corrected chi connectivity index (χ0v) is 21.3. The average molecular weight is 494 g/mol. The Kier molecular flexibility index (Phi) is 7.70. The quantitative estimate of drug-likeness (QED) is 0.267. The van der Waals surface area contributed by atoms with Crippen molar-refractivity contribution >= 4 is 44.4 Å². The highest BCUT2D eigenvalue weighted by molar-refractivity contribution is 7.99. The van der Waals surface area contributed by atoms with Crippen LogP contribution in [0.25, 0.3) is 10.2 Å². The lowest BCUT2D eigenvalue weighted by Crippen LogP contribution is -2.32. The number of anilines is 1. The zero-order valence-electron chi connectivity index (χ0n) is 19.6. The first-order chi connectivity index (χ1) is 16.5. The Morgan fingerprint density at radius 3 is 2.41 bits per heavy atom. The highest BCUT2D eigenvalue weighted by atomic mass is 32.2. The van der Waals surface area contributed by atoms with Gasteiger partial charge in [-0.25, -0.2) is 4.98 Å². The molecule has 0 bridgehead atoms. The number of rotatable bonds is 9. The molecule has 0 radical (unpaired) electrons. The van der Waals surface area contributed by atoms with E-state index >= 15 is 0 Å². The SMILES string of the molecule is COc1ccc(OC)c2sc(N(Cc3ccccn3)C(=O)Cc3ccc(SC(C)C)cc3)nc12. The number of amides is 1. The maximum atomic E-state index is 13.6. The third-order valence-electron chi connectivity index (χ3n) is 5.13. The number of pyridine rings is 1. The minimum absolute atomic E-state index is 0.0492. The molecule has 0 N–H and O–H groups in total. The summed E-state index contributed by atoms with van der Waals surface area (Å²) in [5.74, 6) is 1.29. The lowest BCUT2D eigenvalue weighted by atomic mass is 10.1. The van der Waals surface area contributed by atoms with Crippen LogP contribution in [0, 0.1) is 0 Å². The van der Waals surface area contributed by atoms with Gasteiger partial charge in [-0.2, -0.15) is 0 Å². The van der Waals surface area contributed by atoms with Gasteiger partial charge in [0, 0.05) is 16.3 Å². The maximum Gasteiger partial charge on any atom is 0.233 e. The molecular formula is C26H27N3O3S2. The minimum Gasteiger partial charge on any atom is -0.495 e. The number of aromatic nitrogens is 2. The Bertz CT molecular complexity index is 1220. The molecule has 0 fully saturated rings. The standard InChI is InChI=1S/C26H27N3O3S2/c1-17(2)33-20-10-8-18(9-11-20)15-23(30)29(16-19-7-5-6-14-27-19)26-28-24-21(31-3)12-13-22(32-4)25(24)34-26/h5-14,17H,15-16H2,1-4H3. The molecule has 2 aromatic heterocycles. The first-order valence-corrected chi connectivity index (χ1v) is 12.7. The van der Waals surface area contributed by atoms with Crippen LogP contribution >= 0.6 is 23.1 Å². The highest BCUT2D eigenvalue weighted by Gasteiger charge is 2.23. The van der Waals surface area contributed by atoms with Crippen LogP contribution in [0.3, 0.4) is 0 Å². The smallest absolute Gasteiger partial charge is 0.233 e. The second kappa shape index (κ2) is 10.9. The molecule has 6 nitrogen and oxygen atoms in total. The number of methoxy groups -OCH3 is 2. The number of nitrogens with zero attached hydrogens (tertiary/aromatic N) is 3. The fourth-order valence-electron chi connectivity index (χ4n) is 3.53. The molecule has 0 aliphatic heterocycles. The van der Waals surface area contributed by atoms with Crippen LogP contribution in [-0.2, 0) is 17.8 Å². The summed E-state index contributed by atoms with van der Waals surface area (Å²) in [7, 11) is 3.23. The van der Waals surface area contributed by atoms with Crippen molar-refractivity contribution in [3.63, 3.8) is 0 Å². The van der Waals surface area contributed by atoms with Gasteiger partial charge in [0.1, 0.15) is 21.7 Å². The first kappa shape index (κ1) is 24.0. The second-order valence-electron chi connectivity index (χ2n) is 7.93. The minimum atomic E-state index is -0.0492. The summed E-state index contributed by atoms with van der Waals surface area (Å²) in [5.41, 5.74) is 2.42. The van der Waals surface area contributed by atoms with Gasteiger partial charge in [0.05, 0.1) is 32.9 Å². The Morgan fingerprint density at radius 1 is 1.03 bits per heavy atom. The van der Waals surface area contributed by atoms with Crippen molar-refractivity contribution in [3.8, 4) is 11.5 Å². The number of fused-ring (bicyclic) bond motifs is 1. The van der Waals surface area contributed by atoms with E-state index in [1.54, 1.807) is 37.1 Å². The van der Waals surface area contributed by atoms with Crippen LogP contribution in [-0.4, -0.2) is 35.3 Å². The summed E-state index contributed by atoms with van der Waals surface area (Å²) in [6.07, 6.45) is 2.00. The molecule has 8 heteroatoms. The van der Waals surface area contributed by atoms with E-state index in [9.17, 15) is 4.79 Å². The van der Waals surface area contributed by atoms with Gasteiger partial charge in [0.25, 0.3) is 0 Å². The molecule has 0 spiro atoms. The summed E-state index contributed by atoms with van der Waals surface area (Å²) >= 11 is 3.22. The summed E-state index contributed by atoms with van der Waals surface area (Å²) < 4.78 is 11.9. The molecule has 0 aliphatic rings. The van der Waals surface area contributed by atoms with Gasteiger partial charge in [-0.3, -0.25) is 14.7 Å². The van der Waals surface area contributed by atoms with E-state index in [2.05, 4.69) is 31.0 Å². The molecule has 4 aromatic rings. The van der Waals surface area contributed by atoms with E-state index in [0.717, 1.165) is 16.0 Å². The van der Waals surface area contributed by atoms with Gasteiger partial charge < -0.3 is 9.47 Å². The van der Waals surface area contributed by atoms with Crippen LogP contribution in [0.2, 0.25) is 0 Å². The van der Waals surface area contributed by atoms with E-state index in [1.165, 1.54) is 16.2 Å². The number of hydrogen-bond acceptors (Lipinski definition) is 7. The summed E-state index contributed by atoms with van der Waals surface area (Å²) in [6, 6.07) is 17.6. The molecule has 0 aliphatic carbocycles. The van der Waals surface area contributed by atoms with Crippen molar-refractivity contribution in [2.24, 2.45) is 0 Å². The predicted octanol–water partition coefficient (Wildman–Crippen LogP) is 5.98. The van der Waals surface area contributed by atoms with Crippen molar-refractivity contribution in [1.29, 1.82) is 0 Å². The fourth-order valence-corrected chi connectivity index (χ4v) is 5.46. The number of ether oxygens (including phenoxy) is 2. The van der Waals surface area contributed by atoms with Crippen LogP contribution in [0.5, 0.6) is 11.5 Å². The second-order valence-corrected chi connectivity index (χ2v) is 10.6. The van der Waals surface area contributed by atoms with Crippen molar-refractivity contribution in [1.82, 2.24) is 9.97 Å². The summed E-state index contributed by atoms with van der Waals surface area (Å²) in [5, 5.41) is 1.09. The number of thioether (sulfide) groups is 1. The third-order valence-corrected chi connectivity index (χ3v) is 7.24. The van der Waals surface area contributed by atoms with Crippen molar-refractivity contribution in [2.75, 3.05) is 19.1 Å². The number of carbonyl (C=O) groups excluding carboxylic acids is 1. The molecule has 2 aromatic carbocycles. The zero-order chi connectivity index (χ0) is 24.1. The number of benzene rings is 2. The molecule has 0 saturated carbocycles. The molecule has 0 unspecified atom stereocenters. The first-order valence-electron chi connectivity index (χ1n) is 11.0. The van der Waals surface area contributed by atoms with E-state index in [4.69, 9.17) is 14.5 Å². The number of thiazole rings is 1. The van der Waals surface area contributed by atoms with Crippen molar-refractivity contribution in [2.45, 2.75) is 37.0 Å². The molecule has 0 atom stereocenters. The van der Waals surface area contributed by atoms with Gasteiger partial charge in [-0.1, -0.05) is 43.4 Å². The molecule has 2 heterocycles. The van der Waals surface area contributed by atoms with E-state index in [-0.39, 0.29) is 12.3 Å². The van der Waals surface area contributed by atoms with E-state index < -0.39 is 0 Å². The van der Waals surface area contributed by atoms with E-state index in [1.807, 2.05) is 42.5 Å². The lowest BCUT2D eigenvalue weighted by molar-refractivity contribution is -0.118. The normalized spacial score (nSPS) is 11.1. The molecule has 1 amide bonds. The van der Waals surface area contributed by atoms with Crippen LogP contribution in [0.1, 0.15) is 25.1 Å². The summed E-state index contributed by atoms with van der Waals surface area (Å²) in [4.78, 5) is 25.7. The van der Waals surface area contributed by atoms with Crippen molar-refractivity contribution in [3.05, 3.63) is 72.1 Å². The third kappa shape index (κ3) is 5.51. The monoisotopic (exact) mass is 493 g/mol. The van der Waals surface area contributed by atoms with Crippen molar-refractivity contribution < 1.29 is 14.3 Å². The van der Waals surface area contributed by atoms with Crippen LogP contribution < -0.4 is 14.4 Å². The average Bonchev–Trinajstić information content (AvgIpc) is 3.28. The Balaban J connectivity index is 1.67. The lowest BCUT2D eigenvalue weighted by Gasteiger charge is -2.19. The molecule has 34 heavy (non-hydrogen) atoms. The molecule has 176 valence electrons. The highest BCUT2D eigenvalue weighted by Crippen LogP contribution is 2.40. The topological polar surface area (TPSA) is 64.6 Å². The predicted molar refractivity (Wildman–Crippen MR) is 139 cm³/mol. The maximum absolute atomic E-state index is 13.6. The van der Waals surface area contributed by atoms with Crippen LogP contribution in [0.15, 0.2) is 65.7 Å². The summed E-state index contributed by atoms with van der Waals surface area (Å²) in [6.45, 7) is 4.66. The molecule has 0 saturated heterocycles. The molecular weight excluding hydrogens is 466 g/mol. The fraction of sp³-hybridized carbons (Fsp3) is 0.269. The number of hydrogen-bond donors (Lipinski definition) is 0. The van der Waals surface area contributed by atoms with E-state index in [0.29, 0.717) is 33.9 Å². The van der Waals surface area contributed by atoms with Gasteiger partial charge >= 0.3 is 0 Å². The Morgan fingerprint density at radius 2 is 1.76 bits per heavy atom. The van der Waals surface area contributed by atoms with Gasteiger partial charge in [0.15, 0.2) is 5.13 Å². The largest absolute Gasteiger partial charge is 0.495 e.